The number of halogens is 4. The van der Waals surface area contributed by atoms with Crippen molar-refractivity contribution in [3.8, 4) is 6.07 Å². The normalized spacial score (nSPS) is 14.0. The molecule has 1 aliphatic rings. The van der Waals surface area contributed by atoms with Crippen LogP contribution in [-0.4, -0.2) is 5.91 Å². The second-order valence-electron chi connectivity index (χ2n) is 6.08. The van der Waals surface area contributed by atoms with Gasteiger partial charge in [0.05, 0.1) is 11.1 Å². The van der Waals surface area contributed by atoms with Crippen molar-refractivity contribution in [3.63, 3.8) is 0 Å². The summed E-state index contributed by atoms with van der Waals surface area (Å²) in [4.78, 5) is 13.3. The van der Waals surface area contributed by atoms with Gasteiger partial charge in [-0.2, -0.15) is 18.4 Å². The summed E-state index contributed by atoms with van der Waals surface area (Å²) in [5.74, 6) is -0.529. The number of carbonyl (C=O) groups excluding carboxylic acids is 1. The molecule has 0 fully saturated rings. The Balaban J connectivity index is 1.79. The van der Waals surface area contributed by atoms with Gasteiger partial charge in [0.2, 0.25) is 5.91 Å². The van der Waals surface area contributed by atoms with Crippen LogP contribution in [0.2, 0.25) is 5.02 Å². The fraction of sp³-hybridized carbons (Fsp3) is 0.263. The average Bonchev–Trinajstić information content (AvgIpc) is 2.96. The Morgan fingerprint density at radius 3 is 2.74 bits per heavy atom. The third-order valence-electron chi connectivity index (χ3n) is 4.26. The fourth-order valence-corrected chi connectivity index (χ4v) is 4.36. The molecule has 0 aliphatic heterocycles. The number of rotatable bonds is 3. The first-order valence-electron chi connectivity index (χ1n) is 8.20. The van der Waals surface area contributed by atoms with Crippen LogP contribution in [0.3, 0.4) is 0 Å². The monoisotopic (exact) mass is 410 g/mol. The van der Waals surface area contributed by atoms with E-state index in [1.807, 2.05) is 0 Å². The lowest BCUT2D eigenvalue weighted by molar-refractivity contribution is -0.137. The second-order valence-corrected chi connectivity index (χ2v) is 7.60. The Kier molecular flexibility index (Phi) is 5.59. The first-order chi connectivity index (χ1) is 12.8. The van der Waals surface area contributed by atoms with Gasteiger partial charge in [0.25, 0.3) is 0 Å². The molecule has 0 spiro atoms. The molecule has 1 aliphatic carbocycles. The maximum absolute atomic E-state index is 12.8. The number of anilines is 1. The molecule has 3 rings (SSSR count). The standard InChI is InChI=1S/C19H14ClF3N2OS/c20-15-7-6-12(19(21,22)23)9-11(15)5-8-17(26)25-18-14(10-24)13-3-1-2-4-16(13)27-18/h5-9H,1-4H2,(H,25,26)/b8-5+. The second kappa shape index (κ2) is 7.75. The summed E-state index contributed by atoms with van der Waals surface area (Å²) in [5, 5.41) is 12.6. The number of nitrogens with one attached hydrogen (secondary N) is 1. The van der Waals surface area contributed by atoms with Crippen molar-refractivity contribution in [2.75, 3.05) is 5.32 Å². The molecule has 27 heavy (non-hydrogen) atoms. The van der Waals surface area contributed by atoms with Crippen LogP contribution in [0.4, 0.5) is 18.2 Å². The number of carbonyl (C=O) groups is 1. The van der Waals surface area contributed by atoms with Crippen molar-refractivity contribution in [1.82, 2.24) is 0 Å². The largest absolute Gasteiger partial charge is 0.416 e. The first-order valence-corrected chi connectivity index (χ1v) is 9.39. The Bertz CT molecular complexity index is 957. The van der Waals surface area contributed by atoms with Gasteiger partial charge in [-0.1, -0.05) is 11.6 Å². The molecular weight excluding hydrogens is 397 g/mol. The fourth-order valence-electron chi connectivity index (χ4n) is 2.94. The Labute approximate surface area is 163 Å². The predicted molar refractivity (Wildman–Crippen MR) is 99.8 cm³/mol. The van der Waals surface area contributed by atoms with E-state index in [9.17, 15) is 23.2 Å². The molecular formula is C19H14ClF3N2OS. The first kappa shape index (κ1) is 19.5. The van der Waals surface area contributed by atoms with Gasteiger partial charge in [0.1, 0.15) is 11.1 Å². The van der Waals surface area contributed by atoms with Crippen LogP contribution >= 0.6 is 22.9 Å². The molecule has 1 aromatic carbocycles. The minimum absolute atomic E-state index is 0.0904. The van der Waals surface area contributed by atoms with Crippen molar-refractivity contribution < 1.29 is 18.0 Å². The molecule has 0 atom stereocenters. The van der Waals surface area contributed by atoms with Gasteiger partial charge in [-0.15, -0.1) is 11.3 Å². The smallest absolute Gasteiger partial charge is 0.313 e. The SMILES string of the molecule is N#Cc1c(NC(=O)/C=C/c2cc(C(F)(F)F)ccc2Cl)sc2c1CCCC2. The van der Waals surface area contributed by atoms with Gasteiger partial charge >= 0.3 is 6.18 Å². The minimum Gasteiger partial charge on any atom is -0.313 e. The van der Waals surface area contributed by atoms with E-state index in [0.29, 0.717) is 10.6 Å². The summed E-state index contributed by atoms with van der Waals surface area (Å²) in [6, 6.07) is 5.05. The molecule has 1 heterocycles. The van der Waals surface area contributed by atoms with Crippen LogP contribution in [0.25, 0.3) is 6.08 Å². The van der Waals surface area contributed by atoms with Gasteiger partial charge in [-0.25, -0.2) is 0 Å². The third-order valence-corrected chi connectivity index (χ3v) is 5.81. The van der Waals surface area contributed by atoms with Crippen LogP contribution in [0, 0.1) is 11.3 Å². The molecule has 0 bridgehead atoms. The van der Waals surface area contributed by atoms with E-state index in [1.54, 1.807) is 0 Å². The van der Waals surface area contributed by atoms with Crippen molar-refractivity contribution in [1.29, 1.82) is 5.26 Å². The number of thiophene rings is 1. The molecule has 2 aromatic rings. The van der Waals surface area contributed by atoms with Crippen LogP contribution in [-0.2, 0) is 23.8 Å². The highest BCUT2D eigenvalue weighted by atomic mass is 35.5. The molecule has 8 heteroatoms. The van der Waals surface area contributed by atoms with Crippen LogP contribution in [0.5, 0.6) is 0 Å². The summed E-state index contributed by atoms with van der Waals surface area (Å²) in [6.07, 6.45) is 1.63. The van der Waals surface area contributed by atoms with Crippen molar-refractivity contribution in [2.45, 2.75) is 31.9 Å². The third kappa shape index (κ3) is 4.34. The zero-order valence-electron chi connectivity index (χ0n) is 14.0. The van der Waals surface area contributed by atoms with Crippen LogP contribution < -0.4 is 5.32 Å². The maximum atomic E-state index is 12.8. The number of alkyl halides is 3. The van der Waals surface area contributed by atoms with Gasteiger partial charge < -0.3 is 5.32 Å². The summed E-state index contributed by atoms with van der Waals surface area (Å²) >= 11 is 7.30. The molecule has 1 aromatic heterocycles. The molecule has 140 valence electrons. The van der Waals surface area contributed by atoms with Gasteiger partial charge in [-0.05, 0) is 61.1 Å². The average molecular weight is 411 g/mol. The van der Waals surface area contributed by atoms with E-state index in [2.05, 4.69) is 11.4 Å². The number of fused-ring (bicyclic) bond motifs is 1. The van der Waals surface area contributed by atoms with Crippen LogP contribution in [0.1, 0.15) is 40.0 Å². The van der Waals surface area contributed by atoms with E-state index in [-0.39, 0.29) is 10.6 Å². The summed E-state index contributed by atoms with van der Waals surface area (Å²) in [5.41, 5.74) is 0.722. The number of nitriles is 1. The Morgan fingerprint density at radius 1 is 1.30 bits per heavy atom. The molecule has 3 nitrogen and oxygen atoms in total. The molecule has 1 N–H and O–H groups in total. The molecule has 0 radical (unpaired) electrons. The van der Waals surface area contributed by atoms with E-state index in [1.165, 1.54) is 17.4 Å². The van der Waals surface area contributed by atoms with Crippen molar-refractivity contribution in [3.05, 3.63) is 56.4 Å². The number of hydrogen-bond donors (Lipinski definition) is 1. The van der Waals surface area contributed by atoms with E-state index in [0.717, 1.165) is 60.4 Å². The van der Waals surface area contributed by atoms with Crippen molar-refractivity contribution >= 4 is 39.9 Å². The maximum Gasteiger partial charge on any atom is 0.416 e. The van der Waals surface area contributed by atoms with E-state index >= 15 is 0 Å². The van der Waals surface area contributed by atoms with E-state index < -0.39 is 17.6 Å². The molecule has 0 unspecified atom stereocenters. The lowest BCUT2D eigenvalue weighted by Gasteiger charge is -2.09. The summed E-state index contributed by atoms with van der Waals surface area (Å²) < 4.78 is 38.4. The lowest BCUT2D eigenvalue weighted by atomic mass is 9.96. The lowest BCUT2D eigenvalue weighted by Crippen LogP contribution is -2.08. The Morgan fingerprint density at radius 2 is 2.04 bits per heavy atom. The molecule has 1 amide bonds. The van der Waals surface area contributed by atoms with E-state index in [4.69, 9.17) is 11.6 Å². The number of amides is 1. The summed E-state index contributed by atoms with van der Waals surface area (Å²) in [6.45, 7) is 0. The van der Waals surface area contributed by atoms with Crippen molar-refractivity contribution in [2.24, 2.45) is 0 Å². The highest BCUT2D eigenvalue weighted by molar-refractivity contribution is 7.16. The minimum atomic E-state index is -4.49. The highest BCUT2D eigenvalue weighted by Crippen LogP contribution is 2.37. The Hall–Kier alpha value is -2.30. The highest BCUT2D eigenvalue weighted by Gasteiger charge is 2.30. The number of nitrogens with zero attached hydrogens (tertiary/aromatic N) is 1. The number of aryl methyl sites for hydroxylation is 1. The molecule has 0 saturated carbocycles. The number of hydrogen-bond acceptors (Lipinski definition) is 3. The van der Waals surface area contributed by atoms with Crippen LogP contribution in [0.15, 0.2) is 24.3 Å². The number of benzene rings is 1. The topological polar surface area (TPSA) is 52.9 Å². The zero-order chi connectivity index (χ0) is 19.6. The summed E-state index contributed by atoms with van der Waals surface area (Å²) in [7, 11) is 0. The van der Waals surface area contributed by atoms with Gasteiger partial charge in [-0.3, -0.25) is 4.79 Å². The van der Waals surface area contributed by atoms with Gasteiger partial charge in [0.15, 0.2) is 0 Å². The van der Waals surface area contributed by atoms with Gasteiger partial charge in [0, 0.05) is 16.0 Å². The molecule has 0 saturated heterocycles. The predicted octanol–water partition coefficient (Wildman–Crippen LogP) is 5.82. The zero-order valence-corrected chi connectivity index (χ0v) is 15.6. The quantitative estimate of drug-likeness (QED) is 0.648.